The predicted molar refractivity (Wildman–Crippen MR) is 104 cm³/mol. The molecule has 0 aromatic heterocycles. The van der Waals surface area contributed by atoms with E-state index in [1.54, 1.807) is 12.1 Å². The minimum absolute atomic E-state index is 0. The van der Waals surface area contributed by atoms with Crippen molar-refractivity contribution in [3.05, 3.63) is 64.7 Å². The molecule has 0 spiro atoms. The highest BCUT2D eigenvalue weighted by atomic mass is 35.5. The molecule has 134 valence electrons. The normalized spacial score (nSPS) is 16.6. The summed E-state index contributed by atoms with van der Waals surface area (Å²) in [6.07, 6.45) is 1.96. The average Bonchev–Trinajstić information content (AvgIpc) is 2.63. The Morgan fingerprint density at radius 1 is 1.16 bits per heavy atom. The third kappa shape index (κ3) is 5.92. The predicted octanol–water partition coefficient (Wildman–Crippen LogP) is 4.98. The van der Waals surface area contributed by atoms with Gasteiger partial charge in [0.2, 0.25) is 0 Å². The Kier molecular flexibility index (Phi) is 7.56. The molecule has 0 radical (unpaired) electrons. The number of rotatable bonds is 4. The summed E-state index contributed by atoms with van der Waals surface area (Å²) in [6, 6.07) is 15.2. The summed E-state index contributed by atoms with van der Waals surface area (Å²) in [5.41, 5.74) is 2.95. The van der Waals surface area contributed by atoms with Gasteiger partial charge in [0, 0.05) is 17.3 Å². The number of piperidine rings is 1. The number of ether oxygens (including phenoxy) is 1. The van der Waals surface area contributed by atoms with Crippen LogP contribution in [0.4, 0.5) is 10.5 Å². The van der Waals surface area contributed by atoms with Crippen molar-refractivity contribution in [2.75, 3.05) is 18.4 Å². The number of halogens is 2. The lowest BCUT2D eigenvalue weighted by Gasteiger charge is -2.23. The van der Waals surface area contributed by atoms with Crippen LogP contribution >= 0.6 is 24.0 Å². The van der Waals surface area contributed by atoms with Gasteiger partial charge in [-0.15, -0.1) is 12.4 Å². The zero-order valence-corrected chi connectivity index (χ0v) is 15.4. The quantitative estimate of drug-likeness (QED) is 0.786. The molecule has 1 atom stereocenters. The second-order valence-corrected chi connectivity index (χ2v) is 6.43. The topological polar surface area (TPSA) is 50.4 Å². The van der Waals surface area contributed by atoms with Crippen LogP contribution in [0.2, 0.25) is 5.02 Å². The molecule has 0 unspecified atom stereocenters. The molecule has 1 fully saturated rings. The molecule has 2 N–H and O–H groups in total. The number of carbonyl (C=O) groups excluding carboxylic acids is 1. The molecule has 25 heavy (non-hydrogen) atoms. The average molecular weight is 381 g/mol. The van der Waals surface area contributed by atoms with Crippen molar-refractivity contribution in [3.8, 4) is 0 Å². The van der Waals surface area contributed by atoms with Gasteiger partial charge >= 0.3 is 6.09 Å². The van der Waals surface area contributed by atoms with Crippen LogP contribution in [0.25, 0.3) is 0 Å². The zero-order valence-electron chi connectivity index (χ0n) is 13.8. The molecule has 1 aliphatic heterocycles. The van der Waals surface area contributed by atoms with Crippen molar-refractivity contribution in [3.63, 3.8) is 0 Å². The number of nitrogens with one attached hydrogen (secondary N) is 2. The monoisotopic (exact) mass is 380 g/mol. The first-order valence-electron chi connectivity index (χ1n) is 8.19. The van der Waals surface area contributed by atoms with Gasteiger partial charge in [-0.05, 0) is 60.7 Å². The van der Waals surface area contributed by atoms with Crippen LogP contribution in [0, 0.1) is 0 Å². The maximum absolute atomic E-state index is 11.9. The summed E-state index contributed by atoms with van der Waals surface area (Å²) in [4.78, 5) is 11.9. The van der Waals surface area contributed by atoms with Crippen LogP contribution < -0.4 is 10.6 Å². The van der Waals surface area contributed by atoms with E-state index >= 15 is 0 Å². The molecule has 1 saturated heterocycles. The van der Waals surface area contributed by atoms with Crippen molar-refractivity contribution in [1.82, 2.24) is 5.32 Å². The highest BCUT2D eigenvalue weighted by Crippen LogP contribution is 2.24. The lowest BCUT2D eigenvalue weighted by molar-refractivity contribution is 0.155. The molecule has 0 aliphatic carbocycles. The van der Waals surface area contributed by atoms with Crippen molar-refractivity contribution < 1.29 is 9.53 Å². The standard InChI is InChI=1S/C19H21ClN2O2.ClH/c20-17-7-3-14(4-8-17)13-24-19(23)22-18-9-5-15(6-10-18)16-2-1-11-21-12-16;/h3-10,16,21H,1-2,11-13H2,(H,22,23);1H/t16-;/m1./s1. The van der Waals surface area contributed by atoms with E-state index in [0.29, 0.717) is 10.9 Å². The van der Waals surface area contributed by atoms with Gasteiger partial charge in [0.1, 0.15) is 6.61 Å². The molecule has 2 aromatic rings. The fourth-order valence-corrected chi connectivity index (χ4v) is 2.98. The lowest BCUT2D eigenvalue weighted by atomic mass is 9.92. The Morgan fingerprint density at radius 2 is 1.88 bits per heavy atom. The maximum atomic E-state index is 11.9. The molecule has 4 nitrogen and oxygen atoms in total. The van der Waals surface area contributed by atoms with Gasteiger partial charge in [0.15, 0.2) is 0 Å². The van der Waals surface area contributed by atoms with Gasteiger partial charge in [-0.2, -0.15) is 0 Å². The summed E-state index contributed by atoms with van der Waals surface area (Å²) in [6.45, 7) is 2.35. The molecule has 0 bridgehead atoms. The molecule has 3 rings (SSSR count). The van der Waals surface area contributed by atoms with Crippen LogP contribution in [0.1, 0.15) is 29.9 Å². The lowest BCUT2D eigenvalue weighted by Crippen LogP contribution is -2.28. The molecular weight excluding hydrogens is 359 g/mol. The third-order valence-corrected chi connectivity index (χ3v) is 4.46. The molecular formula is C19H22Cl2N2O2. The van der Waals surface area contributed by atoms with Gasteiger partial charge < -0.3 is 10.1 Å². The Labute approximate surface area is 159 Å². The number of carbonyl (C=O) groups is 1. The summed E-state index contributed by atoms with van der Waals surface area (Å²) in [7, 11) is 0. The molecule has 1 heterocycles. The first kappa shape index (κ1) is 19.6. The Balaban J connectivity index is 0.00000225. The third-order valence-electron chi connectivity index (χ3n) is 4.21. The first-order chi connectivity index (χ1) is 11.7. The Hall–Kier alpha value is -1.75. The molecule has 1 aliphatic rings. The largest absolute Gasteiger partial charge is 0.444 e. The zero-order chi connectivity index (χ0) is 16.8. The van der Waals surface area contributed by atoms with E-state index < -0.39 is 6.09 Å². The molecule has 2 aromatic carbocycles. The maximum Gasteiger partial charge on any atom is 0.411 e. The molecule has 1 amide bonds. The summed E-state index contributed by atoms with van der Waals surface area (Å²) in [5.74, 6) is 0.560. The highest BCUT2D eigenvalue weighted by molar-refractivity contribution is 6.30. The minimum Gasteiger partial charge on any atom is -0.444 e. The first-order valence-corrected chi connectivity index (χ1v) is 8.57. The number of amides is 1. The number of benzene rings is 2. The van der Waals surface area contributed by atoms with E-state index in [0.717, 1.165) is 24.3 Å². The van der Waals surface area contributed by atoms with Crippen molar-refractivity contribution in [1.29, 1.82) is 0 Å². The van der Waals surface area contributed by atoms with Crippen LogP contribution in [0.5, 0.6) is 0 Å². The van der Waals surface area contributed by atoms with Gasteiger partial charge in [-0.3, -0.25) is 5.32 Å². The second kappa shape index (κ2) is 9.66. The van der Waals surface area contributed by atoms with Crippen LogP contribution in [0.15, 0.2) is 48.5 Å². The summed E-state index contributed by atoms with van der Waals surface area (Å²) < 4.78 is 5.22. The van der Waals surface area contributed by atoms with Gasteiger partial charge in [-0.1, -0.05) is 35.9 Å². The summed E-state index contributed by atoms with van der Waals surface area (Å²) >= 11 is 5.83. The minimum atomic E-state index is -0.461. The van der Waals surface area contributed by atoms with Crippen molar-refractivity contribution in [2.45, 2.75) is 25.4 Å². The van der Waals surface area contributed by atoms with Gasteiger partial charge in [-0.25, -0.2) is 4.79 Å². The number of hydrogen-bond donors (Lipinski definition) is 2. The number of anilines is 1. The van der Waals surface area contributed by atoms with Crippen molar-refractivity contribution in [2.24, 2.45) is 0 Å². The summed E-state index contributed by atoms with van der Waals surface area (Å²) in [5, 5.41) is 6.83. The SMILES string of the molecule is Cl.O=C(Nc1ccc([C@@H]2CCCNC2)cc1)OCc1ccc(Cl)cc1. The fraction of sp³-hybridized carbons (Fsp3) is 0.316. The van der Waals surface area contributed by atoms with Gasteiger partial charge in [0.25, 0.3) is 0 Å². The van der Waals surface area contributed by atoms with Crippen molar-refractivity contribution >= 4 is 35.8 Å². The molecule has 0 saturated carbocycles. The number of hydrogen-bond acceptors (Lipinski definition) is 3. The Bertz CT molecular complexity index is 669. The van der Waals surface area contributed by atoms with E-state index in [2.05, 4.69) is 22.8 Å². The van der Waals surface area contributed by atoms with Gasteiger partial charge in [0.05, 0.1) is 0 Å². The Morgan fingerprint density at radius 3 is 2.52 bits per heavy atom. The van der Waals surface area contributed by atoms with E-state index in [1.165, 1.54) is 18.4 Å². The highest BCUT2D eigenvalue weighted by Gasteiger charge is 2.14. The van der Waals surface area contributed by atoms with Crippen LogP contribution in [0.3, 0.4) is 0 Å². The van der Waals surface area contributed by atoms with E-state index in [9.17, 15) is 4.79 Å². The van der Waals surface area contributed by atoms with Crippen LogP contribution in [-0.4, -0.2) is 19.2 Å². The second-order valence-electron chi connectivity index (χ2n) is 5.99. The molecule has 6 heteroatoms. The van der Waals surface area contributed by atoms with E-state index in [-0.39, 0.29) is 19.0 Å². The van der Waals surface area contributed by atoms with Crippen LogP contribution in [-0.2, 0) is 11.3 Å². The van der Waals surface area contributed by atoms with E-state index in [1.807, 2.05) is 24.3 Å². The smallest absolute Gasteiger partial charge is 0.411 e. The van der Waals surface area contributed by atoms with E-state index in [4.69, 9.17) is 16.3 Å². The fourth-order valence-electron chi connectivity index (χ4n) is 2.86.